The number of aliphatic imine (C=N–C) groups is 1. The van der Waals surface area contributed by atoms with Gasteiger partial charge in [-0.2, -0.15) is 11.8 Å². The van der Waals surface area contributed by atoms with Gasteiger partial charge in [-0.3, -0.25) is 63.6 Å². The van der Waals surface area contributed by atoms with Crippen LogP contribution < -0.4 is 64.8 Å². The number of benzene rings is 3. The van der Waals surface area contributed by atoms with Crippen molar-refractivity contribution in [2.24, 2.45) is 28.1 Å². The van der Waals surface area contributed by atoms with Crippen LogP contribution in [0.25, 0.3) is 11.0 Å². The first kappa shape index (κ1) is 66.5. The van der Waals surface area contributed by atoms with Crippen molar-refractivity contribution in [2.75, 3.05) is 50.1 Å². The molecular weight excluding hydrogens is 1130 g/mol. The monoisotopic (exact) mass is 1200 g/mol. The van der Waals surface area contributed by atoms with Crippen LogP contribution in [-0.2, 0) is 51.2 Å². The van der Waals surface area contributed by atoms with Crippen molar-refractivity contribution in [2.45, 2.75) is 108 Å². The average molecular weight is 1200 g/mol. The molecule has 13 N–H and O–H groups in total. The number of guanidine groups is 1. The predicted octanol–water partition coefficient (Wildman–Crippen LogP) is 0.775. The van der Waals surface area contributed by atoms with Gasteiger partial charge in [0.25, 0.3) is 11.4 Å². The normalized spacial score (nSPS) is 14.6. The van der Waals surface area contributed by atoms with Crippen LogP contribution in [0.1, 0.15) is 70.4 Å². The number of nitrogens with two attached hydrogens (primary N) is 3. The number of nitrogens with zero attached hydrogens (tertiary/aromatic N) is 4. The molecule has 0 bridgehead atoms. The van der Waals surface area contributed by atoms with Crippen molar-refractivity contribution in [3.05, 3.63) is 115 Å². The van der Waals surface area contributed by atoms with Gasteiger partial charge in [0, 0.05) is 49.0 Å². The van der Waals surface area contributed by atoms with Crippen LogP contribution >= 0.6 is 11.8 Å². The zero-order valence-electron chi connectivity index (χ0n) is 47.4. The van der Waals surface area contributed by atoms with Crippen LogP contribution in [0.15, 0.2) is 87.0 Å². The lowest BCUT2D eigenvalue weighted by molar-refractivity contribution is -0.393. The molecule has 0 spiro atoms. The molecule has 1 aliphatic rings. The highest BCUT2D eigenvalue weighted by Crippen LogP contribution is 2.29. The lowest BCUT2D eigenvalue weighted by atomic mass is 10.0. The van der Waals surface area contributed by atoms with Crippen LogP contribution in [0.3, 0.4) is 0 Å². The number of hydrogen-bond donors (Lipinski definition) is 10. The Hall–Kier alpha value is -9.35. The Balaban J connectivity index is 1.31. The number of carbonyl (C=O) groups is 8. The van der Waals surface area contributed by atoms with E-state index in [0.29, 0.717) is 47.8 Å². The molecule has 1 aromatic heterocycles. The maximum Gasteiger partial charge on any atom is 0.336 e. The summed E-state index contributed by atoms with van der Waals surface area (Å²) in [5.74, 6) is -5.94. The number of nitro benzene ring substituents is 2. The molecule has 4 aromatic rings. The summed E-state index contributed by atoms with van der Waals surface area (Å²) in [6.07, 6.45) is 2.23. The number of aryl methyl sites for hydroxylation is 1. The summed E-state index contributed by atoms with van der Waals surface area (Å²) in [5.41, 5.74) is 15.6. The van der Waals surface area contributed by atoms with E-state index in [1.54, 1.807) is 12.1 Å². The van der Waals surface area contributed by atoms with Crippen molar-refractivity contribution >= 4 is 93.0 Å². The van der Waals surface area contributed by atoms with Crippen molar-refractivity contribution < 1.29 is 57.4 Å². The fraction of sp³-hybridized carbons (Fsp3) is 0.455. The Labute approximate surface area is 492 Å². The third kappa shape index (κ3) is 20.8. The van der Waals surface area contributed by atoms with E-state index in [9.17, 15) is 63.4 Å². The van der Waals surface area contributed by atoms with Gasteiger partial charge in [-0.25, -0.2) is 4.79 Å². The minimum atomic E-state index is -1.69. The van der Waals surface area contributed by atoms with Gasteiger partial charge in [0.05, 0.1) is 36.0 Å². The lowest BCUT2D eigenvalue weighted by Crippen LogP contribution is -2.60. The summed E-state index contributed by atoms with van der Waals surface area (Å²) in [6, 6.07) is 10.5. The Morgan fingerprint density at radius 3 is 2.20 bits per heavy atom. The van der Waals surface area contributed by atoms with Gasteiger partial charge in [0.1, 0.15) is 53.3 Å². The third-order valence-corrected chi connectivity index (χ3v) is 14.6. The maximum atomic E-state index is 14.4. The number of amides is 8. The molecule has 0 radical (unpaired) electrons. The standard InChI is InChI=1S/C55H72N14O15S/c1-31(2)23-40(65-54(78)43-15-9-21-67(43)47(71)24-34-25-48(72)84-45-27-36(83-4)17-18-37(34)45)51(75)61-29-46(70)63-42(30-85-22-10-13-33-11-6-5-7-12-33)53(77)66-41(28-60-38-19-16-35(68(79)80)26-44(38)69(81)82)52(76)62-32(3)50(74)64-39(49(56)73)14-8-20-59-55(57)58/h5-7,11-12,16-19,25-27,31-32,39-43,60H,8-10,13-15,20-24,28-30H2,1-4H3,(H2,56,73)(H,61,75)(H,62,76)(H,63,70)(H,64,74)(H,65,78)(H,66,77)(H4,57,58,59)/t32-,39+,40-,41+,42-,43+/m1/s1. The summed E-state index contributed by atoms with van der Waals surface area (Å²) in [4.78, 5) is 149. The number of primary amides is 1. The fourth-order valence-electron chi connectivity index (χ4n) is 9.09. The number of rotatable bonds is 33. The van der Waals surface area contributed by atoms with E-state index in [4.69, 9.17) is 26.4 Å². The van der Waals surface area contributed by atoms with Crippen molar-refractivity contribution in [1.29, 1.82) is 0 Å². The van der Waals surface area contributed by atoms with Crippen LogP contribution in [0.4, 0.5) is 17.1 Å². The number of nitrogens with one attached hydrogen (secondary N) is 7. The van der Waals surface area contributed by atoms with E-state index in [0.717, 1.165) is 17.7 Å². The first-order valence-corrected chi connectivity index (χ1v) is 28.4. The van der Waals surface area contributed by atoms with E-state index in [1.807, 2.05) is 44.2 Å². The van der Waals surface area contributed by atoms with Gasteiger partial charge in [-0.15, -0.1) is 0 Å². The number of likely N-dealkylation sites (tertiary alicyclic amines) is 1. The van der Waals surface area contributed by atoms with Crippen LogP contribution in [0.5, 0.6) is 5.75 Å². The van der Waals surface area contributed by atoms with Crippen LogP contribution in [0.2, 0.25) is 0 Å². The molecule has 0 aliphatic carbocycles. The topological polar surface area (TPSA) is 440 Å². The zero-order chi connectivity index (χ0) is 62.3. The van der Waals surface area contributed by atoms with Crippen molar-refractivity contribution in [3.8, 4) is 5.75 Å². The van der Waals surface area contributed by atoms with E-state index >= 15 is 0 Å². The average Bonchev–Trinajstić information content (AvgIpc) is 3.34. The Kier molecular flexibility index (Phi) is 25.4. The summed E-state index contributed by atoms with van der Waals surface area (Å²) in [5, 5.41) is 42.0. The highest BCUT2D eigenvalue weighted by atomic mass is 32.2. The zero-order valence-corrected chi connectivity index (χ0v) is 48.2. The van der Waals surface area contributed by atoms with Gasteiger partial charge in [0.15, 0.2) is 5.96 Å². The Morgan fingerprint density at radius 2 is 1.53 bits per heavy atom. The smallest absolute Gasteiger partial charge is 0.336 e. The SMILES string of the molecule is COc1ccc2c(CC(=O)N3CCC[C@H]3C(=O)N[C@H](CC(C)C)C(=O)NCC(=O)N[C@H](CSCCCc3ccccc3)C(=O)N[C@@H](CNc3ccc([N+](=O)[O-])cc3[N+](=O)[O-])C(=O)N[C@H](C)C(=O)N[C@@H](CCCN=C(N)N)C(N)=O)cc(=O)oc2c1. The molecule has 1 fully saturated rings. The molecule has 1 saturated heterocycles. The highest BCUT2D eigenvalue weighted by Gasteiger charge is 2.37. The summed E-state index contributed by atoms with van der Waals surface area (Å²) >= 11 is 1.28. The molecule has 1 aliphatic heterocycles. The van der Waals surface area contributed by atoms with E-state index in [2.05, 4.69) is 42.2 Å². The molecule has 6 atom stereocenters. The van der Waals surface area contributed by atoms with E-state index in [1.165, 1.54) is 42.8 Å². The molecule has 458 valence electrons. The maximum absolute atomic E-state index is 14.4. The number of ether oxygens (including phenoxy) is 1. The lowest BCUT2D eigenvalue weighted by Gasteiger charge is -2.27. The Bertz CT molecular complexity index is 3160. The molecule has 5 rings (SSSR count). The molecule has 85 heavy (non-hydrogen) atoms. The highest BCUT2D eigenvalue weighted by molar-refractivity contribution is 7.99. The minimum absolute atomic E-state index is 0.0181. The number of carbonyl (C=O) groups excluding carboxylic acids is 8. The number of anilines is 1. The number of non-ortho nitro benzene ring substituents is 1. The molecule has 29 nitrogen and oxygen atoms in total. The molecule has 2 heterocycles. The second kappa shape index (κ2) is 32.5. The van der Waals surface area contributed by atoms with Gasteiger partial charge in [-0.05, 0) is 92.9 Å². The second-order valence-electron chi connectivity index (χ2n) is 20.4. The molecule has 0 saturated carbocycles. The first-order chi connectivity index (χ1) is 40.4. The summed E-state index contributed by atoms with van der Waals surface area (Å²) < 4.78 is 10.6. The number of fused-ring (bicyclic) bond motifs is 1. The fourth-order valence-corrected chi connectivity index (χ4v) is 10.1. The Morgan fingerprint density at radius 1 is 0.812 bits per heavy atom. The second-order valence-corrected chi connectivity index (χ2v) is 21.5. The van der Waals surface area contributed by atoms with Gasteiger partial charge in [0.2, 0.25) is 47.3 Å². The molecule has 30 heteroatoms. The number of nitro groups is 2. The molecule has 8 amide bonds. The first-order valence-electron chi connectivity index (χ1n) is 27.3. The van der Waals surface area contributed by atoms with E-state index in [-0.39, 0.29) is 74.1 Å². The summed E-state index contributed by atoms with van der Waals surface area (Å²) in [6.45, 7) is 3.90. The largest absolute Gasteiger partial charge is 0.497 e. The van der Waals surface area contributed by atoms with Crippen molar-refractivity contribution in [1.82, 2.24) is 36.8 Å². The number of hydrogen-bond acceptors (Lipinski definition) is 18. The van der Waals surface area contributed by atoms with Crippen molar-refractivity contribution in [3.63, 3.8) is 0 Å². The van der Waals surface area contributed by atoms with Gasteiger partial charge in [-0.1, -0.05) is 44.2 Å². The third-order valence-electron chi connectivity index (χ3n) is 13.4. The van der Waals surface area contributed by atoms with Gasteiger partial charge < -0.3 is 68.5 Å². The minimum Gasteiger partial charge on any atom is -0.497 e. The number of thioether (sulfide) groups is 1. The quantitative estimate of drug-likeness (QED) is 0.00786. The van der Waals surface area contributed by atoms with Crippen LogP contribution in [-0.4, -0.2) is 149 Å². The molecule has 0 unspecified atom stereocenters. The molecular formula is C55H72N14O15S. The van der Waals surface area contributed by atoms with E-state index < -0.39 is 123 Å². The predicted molar refractivity (Wildman–Crippen MR) is 315 cm³/mol. The number of methoxy groups -OCH3 is 1. The van der Waals surface area contributed by atoms with Gasteiger partial charge >= 0.3 is 5.63 Å². The van der Waals surface area contributed by atoms with Crippen LogP contribution in [0, 0.1) is 26.1 Å². The molecule has 3 aromatic carbocycles. The summed E-state index contributed by atoms with van der Waals surface area (Å²) in [7, 11) is 1.46.